The van der Waals surface area contributed by atoms with E-state index in [0.717, 1.165) is 11.1 Å². The van der Waals surface area contributed by atoms with Crippen LogP contribution in [0.1, 0.15) is 11.1 Å². The van der Waals surface area contributed by atoms with Crippen molar-refractivity contribution in [3.8, 4) is 11.3 Å². The maximum absolute atomic E-state index is 10.8. The van der Waals surface area contributed by atoms with Crippen LogP contribution in [-0.2, 0) is 11.2 Å². The largest absolute Gasteiger partial charge is 0.481 e. The van der Waals surface area contributed by atoms with Crippen molar-refractivity contribution in [2.24, 2.45) is 0 Å². The Bertz CT molecular complexity index is 553. The highest BCUT2D eigenvalue weighted by molar-refractivity contribution is 5.75. The lowest BCUT2D eigenvalue weighted by molar-refractivity contribution is -0.136. The summed E-state index contributed by atoms with van der Waals surface area (Å²) in [7, 11) is 0. The molecule has 1 N–H and O–H groups in total. The van der Waals surface area contributed by atoms with Gasteiger partial charge in [0.2, 0.25) is 0 Å². The van der Waals surface area contributed by atoms with Crippen LogP contribution in [0, 0.1) is 6.92 Å². The van der Waals surface area contributed by atoms with Crippen molar-refractivity contribution in [2.45, 2.75) is 13.3 Å². The predicted molar refractivity (Wildman–Crippen MR) is 63.5 cm³/mol. The molecular weight excluding hydrogens is 216 g/mol. The Balaban J connectivity index is 2.52. The molecular formula is C13H12N2O2. The van der Waals surface area contributed by atoms with Crippen LogP contribution >= 0.6 is 0 Å². The lowest BCUT2D eigenvalue weighted by atomic mass is 10.0. The number of carboxylic acids is 1. The third-order valence-electron chi connectivity index (χ3n) is 2.53. The van der Waals surface area contributed by atoms with Gasteiger partial charge in [0.25, 0.3) is 0 Å². The number of aliphatic carboxylic acids is 1. The van der Waals surface area contributed by atoms with Crippen molar-refractivity contribution in [3.63, 3.8) is 0 Å². The summed E-state index contributed by atoms with van der Waals surface area (Å²) in [5, 5.41) is 8.85. The Hall–Kier alpha value is -2.23. The van der Waals surface area contributed by atoms with E-state index in [9.17, 15) is 4.79 Å². The molecule has 2 rings (SSSR count). The second-order valence-corrected chi connectivity index (χ2v) is 3.78. The fourth-order valence-electron chi connectivity index (χ4n) is 1.73. The Kier molecular flexibility index (Phi) is 3.14. The van der Waals surface area contributed by atoms with Gasteiger partial charge in [-0.3, -0.25) is 4.79 Å². The Morgan fingerprint density at radius 2 is 2.12 bits per heavy atom. The van der Waals surface area contributed by atoms with Crippen molar-refractivity contribution < 1.29 is 9.90 Å². The van der Waals surface area contributed by atoms with Crippen LogP contribution in [0.4, 0.5) is 0 Å². The number of benzene rings is 1. The third-order valence-corrected chi connectivity index (χ3v) is 2.53. The molecule has 0 unspecified atom stereocenters. The number of nitrogens with zero attached hydrogens (tertiary/aromatic N) is 2. The van der Waals surface area contributed by atoms with Gasteiger partial charge >= 0.3 is 5.97 Å². The summed E-state index contributed by atoms with van der Waals surface area (Å²) in [5.41, 5.74) is 3.35. The van der Waals surface area contributed by atoms with Crippen LogP contribution in [0.3, 0.4) is 0 Å². The summed E-state index contributed by atoms with van der Waals surface area (Å²) in [4.78, 5) is 18.8. The summed E-state index contributed by atoms with van der Waals surface area (Å²) < 4.78 is 0. The first-order valence-electron chi connectivity index (χ1n) is 5.25. The number of rotatable bonds is 3. The lowest BCUT2D eigenvalue weighted by Crippen LogP contribution is -2.04. The zero-order chi connectivity index (χ0) is 12.3. The maximum Gasteiger partial charge on any atom is 0.307 e. The smallest absolute Gasteiger partial charge is 0.307 e. The normalized spacial score (nSPS) is 10.2. The minimum atomic E-state index is -0.880. The van der Waals surface area contributed by atoms with E-state index >= 15 is 0 Å². The summed E-state index contributed by atoms with van der Waals surface area (Å²) in [6, 6.07) is 7.76. The van der Waals surface area contributed by atoms with Gasteiger partial charge in [-0.25, -0.2) is 9.97 Å². The molecule has 0 aliphatic heterocycles. The van der Waals surface area contributed by atoms with E-state index in [-0.39, 0.29) is 6.42 Å². The topological polar surface area (TPSA) is 63.1 Å². The predicted octanol–water partition coefficient (Wildman–Crippen LogP) is 2.08. The minimum Gasteiger partial charge on any atom is -0.481 e. The summed E-state index contributed by atoms with van der Waals surface area (Å²) in [6.07, 6.45) is 2.93. The first-order chi connectivity index (χ1) is 8.18. The van der Waals surface area contributed by atoms with Gasteiger partial charge < -0.3 is 5.11 Å². The van der Waals surface area contributed by atoms with Gasteiger partial charge in [0, 0.05) is 17.3 Å². The third kappa shape index (κ3) is 2.47. The highest BCUT2D eigenvalue weighted by Gasteiger charge is 2.11. The van der Waals surface area contributed by atoms with Gasteiger partial charge in [-0.05, 0) is 12.5 Å². The number of aryl methyl sites for hydroxylation is 1. The van der Waals surface area contributed by atoms with Crippen molar-refractivity contribution >= 4 is 5.97 Å². The van der Waals surface area contributed by atoms with Crippen LogP contribution in [0.25, 0.3) is 11.3 Å². The van der Waals surface area contributed by atoms with E-state index in [0.29, 0.717) is 11.3 Å². The zero-order valence-corrected chi connectivity index (χ0v) is 9.42. The number of hydrogen-bond acceptors (Lipinski definition) is 3. The van der Waals surface area contributed by atoms with Gasteiger partial charge in [0.1, 0.15) is 6.33 Å². The summed E-state index contributed by atoms with van der Waals surface area (Å²) >= 11 is 0. The number of carbonyl (C=O) groups is 1. The fourth-order valence-corrected chi connectivity index (χ4v) is 1.73. The van der Waals surface area contributed by atoms with Gasteiger partial charge in [-0.15, -0.1) is 0 Å². The second kappa shape index (κ2) is 4.74. The maximum atomic E-state index is 10.8. The molecule has 1 aromatic carbocycles. The van der Waals surface area contributed by atoms with Crippen molar-refractivity contribution in [3.05, 3.63) is 47.9 Å². The fraction of sp³-hybridized carbons (Fsp3) is 0.154. The molecule has 17 heavy (non-hydrogen) atoms. The van der Waals surface area contributed by atoms with E-state index < -0.39 is 5.97 Å². The molecule has 0 radical (unpaired) electrons. The van der Waals surface area contributed by atoms with E-state index in [1.807, 2.05) is 31.2 Å². The number of hydrogen-bond donors (Lipinski definition) is 1. The number of carboxylic acid groups (broad SMARTS) is 1. The monoisotopic (exact) mass is 228 g/mol. The van der Waals surface area contributed by atoms with Crippen molar-refractivity contribution in [1.29, 1.82) is 0 Å². The quantitative estimate of drug-likeness (QED) is 0.873. The molecule has 0 atom stereocenters. The van der Waals surface area contributed by atoms with Crippen molar-refractivity contribution in [2.75, 3.05) is 0 Å². The van der Waals surface area contributed by atoms with Gasteiger partial charge in [-0.2, -0.15) is 0 Å². The van der Waals surface area contributed by atoms with Gasteiger partial charge in [0.05, 0.1) is 12.1 Å². The first-order valence-corrected chi connectivity index (χ1v) is 5.25. The molecule has 0 saturated heterocycles. The SMILES string of the molecule is Cc1ccccc1-c1ncncc1CC(=O)O. The Morgan fingerprint density at radius 1 is 1.35 bits per heavy atom. The van der Waals surface area contributed by atoms with Crippen LogP contribution in [-0.4, -0.2) is 21.0 Å². The summed E-state index contributed by atoms with van der Waals surface area (Å²) in [5.74, 6) is -0.880. The molecule has 4 nitrogen and oxygen atoms in total. The van der Waals surface area contributed by atoms with Crippen LogP contribution in [0.2, 0.25) is 0 Å². The second-order valence-electron chi connectivity index (χ2n) is 3.78. The van der Waals surface area contributed by atoms with E-state index in [1.54, 1.807) is 6.20 Å². The first kappa shape index (κ1) is 11.3. The van der Waals surface area contributed by atoms with Crippen LogP contribution < -0.4 is 0 Å². The van der Waals surface area contributed by atoms with Gasteiger partial charge in [0.15, 0.2) is 0 Å². The van der Waals surface area contributed by atoms with Crippen LogP contribution in [0.15, 0.2) is 36.8 Å². The van der Waals surface area contributed by atoms with E-state index in [4.69, 9.17) is 5.11 Å². The molecule has 0 aliphatic rings. The minimum absolute atomic E-state index is 0.0650. The Labute approximate surface area is 99.0 Å². The van der Waals surface area contributed by atoms with Gasteiger partial charge in [-0.1, -0.05) is 24.3 Å². The number of aromatic nitrogens is 2. The van der Waals surface area contributed by atoms with E-state index in [1.165, 1.54) is 6.33 Å². The van der Waals surface area contributed by atoms with E-state index in [2.05, 4.69) is 9.97 Å². The molecule has 0 saturated carbocycles. The van der Waals surface area contributed by atoms with Crippen molar-refractivity contribution in [1.82, 2.24) is 9.97 Å². The molecule has 1 heterocycles. The average molecular weight is 228 g/mol. The molecule has 86 valence electrons. The average Bonchev–Trinajstić information content (AvgIpc) is 2.30. The molecule has 1 aromatic heterocycles. The molecule has 0 amide bonds. The molecule has 0 bridgehead atoms. The molecule has 0 fully saturated rings. The van der Waals surface area contributed by atoms with Crippen LogP contribution in [0.5, 0.6) is 0 Å². The Morgan fingerprint density at radius 3 is 2.82 bits per heavy atom. The molecule has 0 aliphatic carbocycles. The molecule has 0 spiro atoms. The zero-order valence-electron chi connectivity index (χ0n) is 9.42. The highest BCUT2D eigenvalue weighted by atomic mass is 16.4. The standard InChI is InChI=1S/C13H12N2O2/c1-9-4-2-3-5-11(9)13-10(6-12(16)17)7-14-8-15-13/h2-5,7-8H,6H2,1H3,(H,16,17). The highest BCUT2D eigenvalue weighted by Crippen LogP contribution is 2.24. The molecule has 4 heteroatoms. The lowest BCUT2D eigenvalue weighted by Gasteiger charge is -2.08. The molecule has 2 aromatic rings. The summed E-state index contributed by atoms with van der Waals surface area (Å²) in [6.45, 7) is 1.97.